The van der Waals surface area contributed by atoms with E-state index in [-0.39, 0.29) is 34.1 Å². The standard InChI is InChI=1S/C25H22N6O8S2/c1-15(32)27-17-7-9-19(21(12-17)40(34,35)36)28-18-8-10-20(22(13-18)41(37,38)39)29-23-5-2-6-24(30-23)31-11-3-4-16(14-31)25(26)33/h2-14,28H,1H3,(H5-,26,27,29,30,32,33,34,35,36,37,38,39)/p+1. The van der Waals surface area contributed by atoms with E-state index in [1.54, 1.807) is 24.4 Å². The Labute approximate surface area is 234 Å². The molecule has 0 saturated heterocycles. The number of aromatic nitrogens is 2. The number of benzene rings is 2. The van der Waals surface area contributed by atoms with Crippen LogP contribution in [-0.4, -0.2) is 42.7 Å². The fraction of sp³-hybridized carbons (Fsp3) is 0.0400. The van der Waals surface area contributed by atoms with Gasteiger partial charge < -0.3 is 21.7 Å². The lowest BCUT2D eigenvalue weighted by Crippen LogP contribution is -2.33. The predicted octanol–water partition coefficient (Wildman–Crippen LogP) is 2.40. The SMILES string of the molecule is CC(=O)Nc1ccc(Nc2ccc(Nc3cccc(-[n+]4cccc(C(N)=O)c4)n3)c(S(=O)(=O)O)c2)c(S(=O)(=O)O)c1. The number of nitrogens with two attached hydrogens (primary N) is 1. The lowest BCUT2D eigenvalue weighted by atomic mass is 10.2. The average Bonchev–Trinajstić information content (AvgIpc) is 2.89. The second-order valence-electron chi connectivity index (χ2n) is 8.55. The topological polar surface area (TPSA) is 222 Å². The summed E-state index contributed by atoms with van der Waals surface area (Å²) in [6.07, 6.45) is 3.11. The van der Waals surface area contributed by atoms with Gasteiger partial charge in [-0.3, -0.25) is 18.7 Å². The average molecular weight is 600 g/mol. The van der Waals surface area contributed by atoms with Gasteiger partial charge in [-0.15, -0.1) is 0 Å². The van der Waals surface area contributed by atoms with Gasteiger partial charge in [0.25, 0.3) is 26.1 Å². The van der Waals surface area contributed by atoms with Gasteiger partial charge in [-0.1, -0.05) is 0 Å². The van der Waals surface area contributed by atoms with Gasteiger partial charge in [0.1, 0.15) is 16.0 Å². The molecule has 2 aromatic carbocycles. The van der Waals surface area contributed by atoms with E-state index < -0.39 is 41.8 Å². The molecule has 0 aliphatic carbocycles. The normalized spacial score (nSPS) is 11.5. The van der Waals surface area contributed by atoms with Crippen LogP contribution in [0.3, 0.4) is 0 Å². The first-order valence-corrected chi connectivity index (χ1v) is 14.4. The summed E-state index contributed by atoms with van der Waals surface area (Å²) in [6, 6.07) is 15.3. The summed E-state index contributed by atoms with van der Waals surface area (Å²) in [5, 5.41) is 7.92. The molecule has 2 heterocycles. The predicted molar refractivity (Wildman–Crippen MR) is 148 cm³/mol. The quantitative estimate of drug-likeness (QED) is 0.121. The lowest BCUT2D eigenvalue weighted by molar-refractivity contribution is -0.599. The number of nitrogens with one attached hydrogen (secondary N) is 3. The molecule has 14 nitrogen and oxygen atoms in total. The van der Waals surface area contributed by atoms with Gasteiger partial charge in [0, 0.05) is 30.4 Å². The third kappa shape index (κ3) is 7.20. The number of anilines is 5. The molecule has 0 radical (unpaired) electrons. The zero-order valence-corrected chi connectivity index (χ0v) is 22.8. The van der Waals surface area contributed by atoms with Gasteiger partial charge in [0.15, 0.2) is 0 Å². The molecule has 212 valence electrons. The van der Waals surface area contributed by atoms with Crippen molar-refractivity contribution in [2.24, 2.45) is 5.73 Å². The third-order valence-corrected chi connectivity index (χ3v) is 7.25. The number of primary amides is 1. The molecule has 0 unspecified atom stereocenters. The molecule has 41 heavy (non-hydrogen) atoms. The summed E-state index contributed by atoms with van der Waals surface area (Å²) in [5.74, 6) is -0.546. The molecule has 0 saturated carbocycles. The van der Waals surface area contributed by atoms with Gasteiger partial charge in [-0.05, 0) is 59.6 Å². The molecule has 0 fully saturated rings. The van der Waals surface area contributed by atoms with Crippen LogP contribution in [0.15, 0.2) is 88.9 Å². The zero-order valence-electron chi connectivity index (χ0n) is 21.1. The van der Waals surface area contributed by atoms with Crippen molar-refractivity contribution >= 4 is 60.6 Å². The first-order valence-electron chi connectivity index (χ1n) is 11.5. The van der Waals surface area contributed by atoms with Crippen LogP contribution in [0.2, 0.25) is 0 Å². The summed E-state index contributed by atoms with van der Waals surface area (Å²) in [5.41, 5.74) is 5.53. The number of carbonyl (C=O) groups excluding carboxylic acids is 2. The summed E-state index contributed by atoms with van der Waals surface area (Å²) in [6.45, 7) is 1.22. The number of nitrogens with zero attached hydrogens (tertiary/aromatic N) is 2. The maximum absolute atomic E-state index is 12.3. The first kappa shape index (κ1) is 29.1. The summed E-state index contributed by atoms with van der Waals surface area (Å²) in [4.78, 5) is 26.1. The Bertz CT molecular complexity index is 1900. The van der Waals surface area contributed by atoms with E-state index in [4.69, 9.17) is 5.73 Å². The Hall–Kier alpha value is -4.90. The van der Waals surface area contributed by atoms with Crippen molar-refractivity contribution in [2.45, 2.75) is 16.7 Å². The Morgan fingerprint density at radius 3 is 2.05 bits per heavy atom. The third-order valence-electron chi connectivity index (χ3n) is 5.47. The minimum absolute atomic E-state index is 0.0425. The van der Waals surface area contributed by atoms with Crippen molar-refractivity contribution in [1.29, 1.82) is 0 Å². The monoisotopic (exact) mass is 599 g/mol. The van der Waals surface area contributed by atoms with E-state index in [2.05, 4.69) is 20.9 Å². The summed E-state index contributed by atoms with van der Waals surface area (Å²) >= 11 is 0. The van der Waals surface area contributed by atoms with Gasteiger partial charge in [0.2, 0.25) is 11.7 Å². The highest BCUT2D eigenvalue weighted by molar-refractivity contribution is 7.86. The van der Waals surface area contributed by atoms with Crippen molar-refractivity contribution in [3.63, 3.8) is 0 Å². The molecule has 0 aliphatic heterocycles. The molecule has 0 spiro atoms. The number of carbonyl (C=O) groups is 2. The van der Waals surface area contributed by atoms with Gasteiger partial charge in [-0.25, -0.2) is 4.57 Å². The lowest BCUT2D eigenvalue weighted by Gasteiger charge is -2.14. The van der Waals surface area contributed by atoms with Gasteiger partial charge in [0.05, 0.1) is 23.1 Å². The number of pyridine rings is 2. The Kier molecular flexibility index (Phi) is 8.02. The summed E-state index contributed by atoms with van der Waals surface area (Å²) < 4.78 is 69.6. The molecule has 0 atom stereocenters. The molecule has 2 amide bonds. The van der Waals surface area contributed by atoms with Gasteiger partial charge in [-0.2, -0.15) is 16.8 Å². The van der Waals surface area contributed by atoms with Crippen LogP contribution in [0.5, 0.6) is 0 Å². The fourth-order valence-corrected chi connectivity index (χ4v) is 5.08. The van der Waals surface area contributed by atoms with E-state index in [1.165, 1.54) is 54.1 Å². The summed E-state index contributed by atoms with van der Waals surface area (Å²) in [7, 11) is -9.57. The van der Waals surface area contributed by atoms with Crippen LogP contribution in [0.25, 0.3) is 5.82 Å². The van der Waals surface area contributed by atoms with Crippen LogP contribution in [-0.2, 0) is 25.0 Å². The van der Waals surface area contributed by atoms with Crippen molar-refractivity contribution in [3.05, 3.63) is 84.7 Å². The van der Waals surface area contributed by atoms with E-state index >= 15 is 0 Å². The molecule has 0 aliphatic rings. The van der Waals surface area contributed by atoms with Crippen molar-refractivity contribution in [2.75, 3.05) is 16.0 Å². The molecule has 4 rings (SSSR count). The smallest absolute Gasteiger partial charge is 0.330 e. The van der Waals surface area contributed by atoms with Crippen molar-refractivity contribution < 1.29 is 40.1 Å². The van der Waals surface area contributed by atoms with Crippen LogP contribution in [0, 0.1) is 0 Å². The highest BCUT2D eigenvalue weighted by Gasteiger charge is 2.21. The van der Waals surface area contributed by atoms with Crippen LogP contribution >= 0.6 is 0 Å². The minimum atomic E-state index is -4.81. The largest absolute Gasteiger partial charge is 0.365 e. The van der Waals surface area contributed by atoms with E-state index in [0.29, 0.717) is 5.82 Å². The fourth-order valence-electron chi connectivity index (χ4n) is 3.73. The Morgan fingerprint density at radius 1 is 0.829 bits per heavy atom. The molecule has 7 N–H and O–H groups in total. The van der Waals surface area contributed by atoms with Gasteiger partial charge >= 0.3 is 5.82 Å². The van der Waals surface area contributed by atoms with E-state index in [9.17, 15) is 35.5 Å². The van der Waals surface area contributed by atoms with E-state index in [0.717, 1.165) is 12.1 Å². The van der Waals surface area contributed by atoms with E-state index in [1.807, 2.05) is 0 Å². The highest BCUT2D eigenvalue weighted by atomic mass is 32.2. The van der Waals surface area contributed by atoms with Crippen LogP contribution < -0.4 is 26.3 Å². The minimum Gasteiger partial charge on any atom is -0.365 e. The van der Waals surface area contributed by atoms with Crippen LogP contribution in [0.4, 0.5) is 28.6 Å². The highest BCUT2D eigenvalue weighted by Crippen LogP contribution is 2.32. The van der Waals surface area contributed by atoms with Crippen LogP contribution in [0.1, 0.15) is 17.3 Å². The Morgan fingerprint density at radius 2 is 1.44 bits per heavy atom. The molecular weight excluding hydrogens is 576 g/mol. The number of hydrogen-bond donors (Lipinski definition) is 6. The first-order chi connectivity index (χ1) is 19.2. The molecule has 2 aromatic heterocycles. The maximum atomic E-state index is 12.3. The number of amides is 2. The molecule has 0 bridgehead atoms. The second kappa shape index (κ2) is 11.3. The number of rotatable bonds is 9. The van der Waals surface area contributed by atoms with Crippen molar-refractivity contribution in [3.8, 4) is 5.82 Å². The van der Waals surface area contributed by atoms with Crippen molar-refractivity contribution in [1.82, 2.24) is 4.98 Å². The maximum Gasteiger partial charge on any atom is 0.330 e. The molecular formula is C25H23N6O8S2+. The molecule has 16 heteroatoms. The number of hydrogen-bond acceptors (Lipinski definition) is 9. The molecule has 4 aromatic rings. The second-order valence-corrected chi connectivity index (χ2v) is 11.3. The Balaban J connectivity index is 1.68. The zero-order chi connectivity index (χ0) is 29.9.